The molecule has 2 aromatic heterocycles. The fourth-order valence-electron chi connectivity index (χ4n) is 5.30. The largest absolute Gasteiger partial charge is 0.476 e. The summed E-state index contributed by atoms with van der Waals surface area (Å²) in [5, 5.41) is 22.1. The summed E-state index contributed by atoms with van der Waals surface area (Å²) in [7, 11) is 0. The predicted molar refractivity (Wildman–Crippen MR) is 167 cm³/mol. The Morgan fingerprint density at radius 2 is 1.84 bits per heavy atom. The first-order valence-electron chi connectivity index (χ1n) is 14.1. The minimum Gasteiger partial charge on any atom is -0.476 e. The number of hydrogen-bond donors (Lipinski definition) is 2. The van der Waals surface area contributed by atoms with Crippen molar-refractivity contribution in [3.63, 3.8) is 0 Å². The standard InChI is InChI=1S/C33H30F2N4O2S2/c1-18(2)24-10-9-22(16-26(24)34)21-4-3-5-23(15-21)31-25(12-20-8-11-30(43-36)27(35)13-20)29(14-19-6-7-19)39(38-31)33-37-28(17-42-33)32(40)41/h3-5,8-11,13,15-19H,6-7,12,14,36H2,1-2H3,(H,40,41). The maximum absolute atomic E-state index is 14.9. The summed E-state index contributed by atoms with van der Waals surface area (Å²) < 4.78 is 31.5. The Bertz CT molecular complexity index is 1830. The third-order valence-electron chi connectivity index (χ3n) is 7.76. The number of benzene rings is 3. The number of hydrogen-bond acceptors (Lipinski definition) is 6. The maximum Gasteiger partial charge on any atom is 0.355 e. The predicted octanol–water partition coefficient (Wildman–Crippen LogP) is 8.27. The molecule has 1 saturated carbocycles. The average molecular weight is 617 g/mol. The van der Waals surface area contributed by atoms with Gasteiger partial charge >= 0.3 is 5.97 Å². The van der Waals surface area contributed by atoms with Gasteiger partial charge in [-0.05, 0) is 89.6 Å². The molecular formula is C33H30F2N4O2S2. The molecule has 0 unspecified atom stereocenters. The van der Waals surface area contributed by atoms with Crippen LogP contribution in [0.5, 0.6) is 0 Å². The normalized spacial score (nSPS) is 13.2. The van der Waals surface area contributed by atoms with Crippen molar-refractivity contribution in [2.45, 2.75) is 50.3 Å². The molecule has 5 aromatic rings. The Kier molecular flexibility index (Phi) is 8.17. The molecule has 0 amide bonds. The van der Waals surface area contributed by atoms with Gasteiger partial charge in [-0.1, -0.05) is 50.2 Å². The summed E-state index contributed by atoms with van der Waals surface area (Å²) in [6.45, 7) is 3.93. The Morgan fingerprint density at radius 1 is 1.07 bits per heavy atom. The number of nitrogens with two attached hydrogens (primary N) is 1. The second-order valence-electron chi connectivity index (χ2n) is 11.2. The van der Waals surface area contributed by atoms with Crippen molar-refractivity contribution in [1.29, 1.82) is 0 Å². The van der Waals surface area contributed by atoms with Crippen LogP contribution in [0.3, 0.4) is 0 Å². The van der Waals surface area contributed by atoms with Crippen molar-refractivity contribution in [3.8, 4) is 27.5 Å². The first-order chi connectivity index (χ1) is 20.7. The van der Waals surface area contributed by atoms with Crippen molar-refractivity contribution in [1.82, 2.24) is 14.8 Å². The summed E-state index contributed by atoms with van der Waals surface area (Å²) in [5.74, 6) is -1.17. The van der Waals surface area contributed by atoms with Gasteiger partial charge < -0.3 is 5.11 Å². The van der Waals surface area contributed by atoms with E-state index in [0.29, 0.717) is 33.6 Å². The van der Waals surface area contributed by atoms with Crippen molar-refractivity contribution in [2.24, 2.45) is 11.1 Å². The second kappa shape index (κ2) is 12.0. The van der Waals surface area contributed by atoms with E-state index >= 15 is 0 Å². The second-order valence-corrected chi connectivity index (χ2v) is 12.7. The summed E-state index contributed by atoms with van der Waals surface area (Å²) in [6.07, 6.45) is 3.35. The van der Waals surface area contributed by atoms with Gasteiger partial charge in [-0.2, -0.15) is 5.10 Å². The molecule has 1 fully saturated rings. The molecule has 6 rings (SSSR count). The SMILES string of the molecule is CC(C)c1ccc(-c2cccc(-c3nn(-c4nc(C(=O)O)cs4)c(CC4CC4)c3Cc3ccc(SN)c(F)c3)c2)cc1F. The topological polar surface area (TPSA) is 94.0 Å². The van der Waals surface area contributed by atoms with Crippen LogP contribution in [0.25, 0.3) is 27.5 Å². The van der Waals surface area contributed by atoms with E-state index in [9.17, 15) is 18.7 Å². The van der Waals surface area contributed by atoms with Crippen LogP contribution in [0, 0.1) is 17.6 Å². The summed E-state index contributed by atoms with van der Waals surface area (Å²) in [4.78, 5) is 16.4. The summed E-state index contributed by atoms with van der Waals surface area (Å²) in [5.41, 5.74) is 6.36. The molecule has 0 bridgehead atoms. The third kappa shape index (κ3) is 6.13. The first-order valence-corrected chi connectivity index (χ1v) is 15.8. The molecule has 43 heavy (non-hydrogen) atoms. The highest BCUT2D eigenvalue weighted by molar-refractivity contribution is 7.97. The van der Waals surface area contributed by atoms with E-state index in [1.54, 1.807) is 16.8 Å². The lowest BCUT2D eigenvalue weighted by Crippen LogP contribution is -2.06. The van der Waals surface area contributed by atoms with Crippen LogP contribution in [-0.4, -0.2) is 25.8 Å². The lowest BCUT2D eigenvalue weighted by atomic mass is 9.94. The highest BCUT2D eigenvalue weighted by Crippen LogP contribution is 2.39. The van der Waals surface area contributed by atoms with E-state index < -0.39 is 5.97 Å². The Hall–Kier alpha value is -3.86. The minimum absolute atomic E-state index is 0.0400. The van der Waals surface area contributed by atoms with Crippen molar-refractivity contribution >= 4 is 29.3 Å². The molecule has 1 aliphatic rings. The van der Waals surface area contributed by atoms with Gasteiger partial charge in [-0.25, -0.2) is 23.2 Å². The molecule has 10 heteroatoms. The highest BCUT2D eigenvalue weighted by atomic mass is 32.2. The van der Waals surface area contributed by atoms with Crippen LogP contribution in [0.15, 0.2) is 70.9 Å². The van der Waals surface area contributed by atoms with Crippen molar-refractivity contribution < 1.29 is 18.7 Å². The van der Waals surface area contributed by atoms with E-state index in [4.69, 9.17) is 10.2 Å². The zero-order valence-corrected chi connectivity index (χ0v) is 25.3. The molecular weight excluding hydrogens is 587 g/mol. The van der Waals surface area contributed by atoms with E-state index in [1.165, 1.54) is 22.8 Å². The van der Waals surface area contributed by atoms with E-state index in [2.05, 4.69) is 4.98 Å². The molecule has 0 atom stereocenters. The zero-order chi connectivity index (χ0) is 30.2. The number of carboxylic acid groups (broad SMARTS) is 1. The molecule has 3 aromatic carbocycles. The van der Waals surface area contributed by atoms with Gasteiger partial charge in [-0.3, -0.25) is 5.14 Å². The first kappa shape index (κ1) is 29.2. The van der Waals surface area contributed by atoms with Gasteiger partial charge in [0.05, 0.1) is 16.3 Å². The van der Waals surface area contributed by atoms with Gasteiger partial charge in [0.15, 0.2) is 5.69 Å². The van der Waals surface area contributed by atoms with Crippen LogP contribution in [0.4, 0.5) is 8.78 Å². The number of carboxylic acids is 1. The van der Waals surface area contributed by atoms with Gasteiger partial charge in [0, 0.05) is 22.9 Å². The number of carbonyl (C=O) groups is 1. The molecule has 0 radical (unpaired) electrons. The molecule has 6 nitrogen and oxygen atoms in total. The van der Waals surface area contributed by atoms with Crippen LogP contribution in [-0.2, 0) is 12.8 Å². The zero-order valence-electron chi connectivity index (χ0n) is 23.7. The smallest absolute Gasteiger partial charge is 0.355 e. The van der Waals surface area contributed by atoms with E-state index in [-0.39, 0.29) is 23.2 Å². The lowest BCUT2D eigenvalue weighted by molar-refractivity contribution is 0.0691. The number of halogens is 2. The third-order valence-corrected chi connectivity index (χ3v) is 9.16. The molecule has 0 aliphatic heterocycles. The van der Waals surface area contributed by atoms with E-state index in [1.807, 2.05) is 56.3 Å². The van der Waals surface area contributed by atoms with Crippen molar-refractivity contribution in [2.75, 3.05) is 0 Å². The number of thiazole rings is 1. The molecule has 220 valence electrons. The van der Waals surface area contributed by atoms with Gasteiger partial charge in [0.2, 0.25) is 5.13 Å². The number of rotatable bonds is 10. The molecule has 3 N–H and O–H groups in total. The minimum atomic E-state index is -1.10. The molecule has 0 saturated heterocycles. The summed E-state index contributed by atoms with van der Waals surface area (Å²) in [6, 6.07) is 18.2. The fraction of sp³-hybridized carbons (Fsp3) is 0.242. The molecule has 0 spiro atoms. The Morgan fingerprint density at radius 3 is 2.49 bits per heavy atom. The molecule has 2 heterocycles. The highest BCUT2D eigenvalue weighted by Gasteiger charge is 2.29. The quantitative estimate of drug-likeness (QED) is 0.153. The van der Waals surface area contributed by atoms with Crippen molar-refractivity contribution in [3.05, 3.63) is 106 Å². The number of nitrogens with zero attached hydrogens (tertiary/aromatic N) is 3. The van der Waals surface area contributed by atoms with Crippen LogP contribution in [0.1, 0.15) is 65.5 Å². The van der Waals surface area contributed by atoms with E-state index in [0.717, 1.165) is 64.7 Å². The molecule has 1 aliphatic carbocycles. The Labute approximate surface area is 256 Å². The average Bonchev–Trinajstić information content (AvgIpc) is 3.54. The number of aromatic nitrogens is 3. The van der Waals surface area contributed by atoms with Gasteiger partial charge in [0.25, 0.3) is 0 Å². The fourth-order valence-corrected chi connectivity index (χ4v) is 6.39. The van der Waals surface area contributed by atoms with Crippen LogP contribution >= 0.6 is 23.3 Å². The summed E-state index contributed by atoms with van der Waals surface area (Å²) >= 11 is 2.08. The number of aromatic carboxylic acids is 1. The van der Waals surface area contributed by atoms with Crippen LogP contribution in [0.2, 0.25) is 0 Å². The lowest BCUT2D eigenvalue weighted by Gasteiger charge is -2.11. The van der Waals surface area contributed by atoms with Gasteiger partial charge in [-0.15, -0.1) is 11.3 Å². The monoisotopic (exact) mass is 616 g/mol. The Balaban J connectivity index is 1.50. The van der Waals surface area contributed by atoms with Gasteiger partial charge in [0.1, 0.15) is 11.6 Å². The maximum atomic E-state index is 14.9. The van der Waals surface area contributed by atoms with Crippen LogP contribution < -0.4 is 5.14 Å².